The smallest absolute Gasteiger partial charge is 0.152 e. The Kier molecular flexibility index (Phi) is 3.21. The maximum atomic E-state index is 6.23. The average Bonchev–Trinajstić information content (AvgIpc) is 2.05. The predicted molar refractivity (Wildman–Crippen MR) is 58.8 cm³/mol. The lowest BCUT2D eigenvalue weighted by Gasteiger charge is -2.18. The molecule has 0 N–H and O–H groups in total. The molecule has 0 nitrogen and oxygen atoms in total. The number of rotatable bonds is 2. The van der Waals surface area contributed by atoms with Crippen molar-refractivity contribution in [1.29, 1.82) is 0 Å². The highest BCUT2D eigenvalue weighted by atomic mass is 35.6. The highest BCUT2D eigenvalue weighted by molar-refractivity contribution is 6.98. The van der Waals surface area contributed by atoms with E-state index in [9.17, 15) is 0 Å². The van der Waals surface area contributed by atoms with Crippen LogP contribution in [0.5, 0.6) is 0 Å². The molecule has 66 valence electrons. The van der Waals surface area contributed by atoms with Crippen molar-refractivity contribution in [2.75, 3.05) is 0 Å². The minimum absolute atomic E-state index is 0.296. The van der Waals surface area contributed by atoms with E-state index in [1.807, 2.05) is 6.92 Å². The molecule has 1 aromatic rings. The van der Waals surface area contributed by atoms with Gasteiger partial charge in [-0.1, -0.05) is 29.8 Å². The molecule has 0 radical (unpaired) electrons. The van der Waals surface area contributed by atoms with E-state index >= 15 is 0 Å². The summed E-state index contributed by atoms with van der Waals surface area (Å²) in [7, 11) is -0.731. The molecule has 12 heavy (non-hydrogen) atoms. The van der Waals surface area contributed by atoms with Crippen LogP contribution in [0.3, 0.4) is 0 Å². The Labute approximate surface area is 85.4 Å². The van der Waals surface area contributed by atoms with Gasteiger partial charge in [0, 0.05) is 0 Å². The second-order valence-electron chi connectivity index (χ2n) is 3.20. The molecule has 3 heteroatoms. The van der Waals surface area contributed by atoms with E-state index in [1.165, 1.54) is 5.56 Å². The maximum Gasteiger partial charge on any atom is 0.152 e. The van der Waals surface area contributed by atoms with E-state index in [4.69, 9.17) is 22.7 Å². The lowest BCUT2D eigenvalue weighted by molar-refractivity contribution is 0.968. The van der Waals surface area contributed by atoms with E-state index < -0.39 is 8.83 Å². The molecule has 0 saturated carbocycles. The molecule has 1 rings (SSSR count). The zero-order valence-electron chi connectivity index (χ0n) is 7.27. The molecule has 0 amide bonds. The molecule has 0 aliphatic rings. The van der Waals surface area contributed by atoms with E-state index in [0.29, 0.717) is 0 Å². The van der Waals surface area contributed by atoms with Gasteiger partial charge in [-0.3, -0.25) is 0 Å². The zero-order chi connectivity index (χ0) is 9.19. The fraction of sp³-hybridized carbons (Fsp3) is 0.333. The van der Waals surface area contributed by atoms with Crippen molar-refractivity contribution in [3.63, 3.8) is 0 Å². The van der Waals surface area contributed by atoms with Crippen molar-refractivity contribution in [2.45, 2.75) is 18.3 Å². The fourth-order valence-electron chi connectivity index (χ4n) is 0.978. The van der Waals surface area contributed by atoms with Gasteiger partial charge in [-0.15, -0.1) is 11.6 Å². The number of halogens is 2. The van der Waals surface area contributed by atoms with Crippen LogP contribution in [-0.4, -0.2) is 8.83 Å². The summed E-state index contributed by atoms with van der Waals surface area (Å²) in [5.41, 5.74) is 2.39. The third-order valence-electron chi connectivity index (χ3n) is 1.90. The molecule has 0 spiro atoms. The van der Waals surface area contributed by atoms with Crippen molar-refractivity contribution in [2.24, 2.45) is 0 Å². The second kappa shape index (κ2) is 3.82. The van der Waals surface area contributed by atoms with Crippen molar-refractivity contribution in [1.82, 2.24) is 0 Å². The van der Waals surface area contributed by atoms with E-state index in [1.54, 1.807) is 0 Å². The molecule has 0 aliphatic carbocycles. The molecular formula is C9H12Cl2Si. The fourth-order valence-corrected chi connectivity index (χ4v) is 1.96. The number of hydrogen-bond donors (Lipinski definition) is 0. The monoisotopic (exact) mass is 218 g/mol. The zero-order valence-corrected chi connectivity index (χ0v) is 10.2. The Hall–Kier alpha value is 0.0169. The van der Waals surface area contributed by atoms with Crippen LogP contribution in [0.1, 0.15) is 18.1 Å². The third-order valence-corrected chi connectivity index (χ3v) is 5.45. The molecular weight excluding hydrogens is 207 g/mol. The van der Waals surface area contributed by atoms with Crippen molar-refractivity contribution >= 4 is 31.5 Å². The Morgan fingerprint density at radius 3 is 2.17 bits per heavy atom. The predicted octanol–water partition coefficient (Wildman–Crippen LogP) is 2.73. The molecule has 0 fully saturated rings. The third kappa shape index (κ3) is 2.25. The van der Waals surface area contributed by atoms with Gasteiger partial charge in [0.2, 0.25) is 0 Å². The summed E-state index contributed by atoms with van der Waals surface area (Å²) in [5, 5.41) is 0. The summed E-state index contributed by atoms with van der Waals surface area (Å²) in [6.45, 7) is 4.05. The standard InChI is InChI=1S/C9H12Cl2Si/c1-7-3-5-8(6-4-7)9(2,10)12-11/h3-6H,12H2,1-2H3. The van der Waals surface area contributed by atoms with Crippen molar-refractivity contribution < 1.29 is 0 Å². The van der Waals surface area contributed by atoms with Crippen LogP contribution < -0.4 is 0 Å². The first-order chi connectivity index (χ1) is 5.56. The van der Waals surface area contributed by atoms with Crippen LogP contribution >= 0.6 is 22.7 Å². The summed E-state index contributed by atoms with van der Waals surface area (Å²) >= 11 is 12.1. The summed E-state index contributed by atoms with van der Waals surface area (Å²) in [4.78, 5) is 0. The Bertz CT molecular complexity index is 254. The summed E-state index contributed by atoms with van der Waals surface area (Å²) in [5.74, 6) is 0. The molecule has 0 heterocycles. The molecule has 0 aliphatic heterocycles. The molecule has 0 aromatic heterocycles. The SMILES string of the molecule is Cc1ccc(C(C)(Cl)[SiH2]Cl)cc1. The summed E-state index contributed by atoms with van der Waals surface area (Å²) in [6.07, 6.45) is 0. The van der Waals surface area contributed by atoms with Crippen molar-refractivity contribution in [3.8, 4) is 0 Å². The van der Waals surface area contributed by atoms with Gasteiger partial charge >= 0.3 is 0 Å². The highest BCUT2D eigenvalue weighted by Gasteiger charge is 2.22. The number of hydrogen-bond acceptors (Lipinski definition) is 0. The van der Waals surface area contributed by atoms with Crippen LogP contribution in [0.25, 0.3) is 0 Å². The van der Waals surface area contributed by atoms with E-state index in [0.717, 1.165) is 5.56 Å². The van der Waals surface area contributed by atoms with Gasteiger partial charge in [-0.05, 0) is 19.4 Å². The molecule has 0 saturated heterocycles. The second-order valence-corrected chi connectivity index (χ2v) is 6.96. The Balaban J connectivity index is 2.96. The Morgan fingerprint density at radius 1 is 1.25 bits per heavy atom. The molecule has 0 bridgehead atoms. The average molecular weight is 219 g/mol. The van der Waals surface area contributed by atoms with Crippen LogP contribution in [0.4, 0.5) is 0 Å². The molecule has 1 atom stereocenters. The van der Waals surface area contributed by atoms with Crippen LogP contribution in [0, 0.1) is 6.92 Å². The summed E-state index contributed by atoms with van der Waals surface area (Å²) in [6, 6.07) is 8.24. The van der Waals surface area contributed by atoms with Gasteiger partial charge in [-0.25, -0.2) is 0 Å². The summed E-state index contributed by atoms with van der Waals surface area (Å²) < 4.78 is -0.296. The number of alkyl halides is 1. The van der Waals surface area contributed by atoms with Gasteiger partial charge in [0.1, 0.15) is 0 Å². The van der Waals surface area contributed by atoms with Gasteiger partial charge in [0.15, 0.2) is 8.83 Å². The normalized spacial score (nSPS) is 16.7. The first kappa shape index (κ1) is 10.1. The lowest BCUT2D eigenvalue weighted by Crippen LogP contribution is -2.18. The molecule has 1 aromatic carbocycles. The first-order valence-electron chi connectivity index (χ1n) is 3.88. The largest absolute Gasteiger partial charge is 0.174 e. The minimum Gasteiger partial charge on any atom is -0.174 e. The van der Waals surface area contributed by atoms with Gasteiger partial charge < -0.3 is 0 Å². The van der Waals surface area contributed by atoms with Crippen LogP contribution in [0.2, 0.25) is 0 Å². The maximum absolute atomic E-state index is 6.23. The van der Waals surface area contributed by atoms with Crippen molar-refractivity contribution in [3.05, 3.63) is 35.4 Å². The highest BCUT2D eigenvalue weighted by Crippen LogP contribution is 2.28. The molecule has 1 unspecified atom stereocenters. The van der Waals surface area contributed by atoms with E-state index in [2.05, 4.69) is 31.2 Å². The Morgan fingerprint density at radius 2 is 1.75 bits per heavy atom. The van der Waals surface area contributed by atoms with Gasteiger partial charge in [-0.2, -0.15) is 11.1 Å². The van der Waals surface area contributed by atoms with Gasteiger partial charge in [0.05, 0.1) is 4.50 Å². The van der Waals surface area contributed by atoms with E-state index in [-0.39, 0.29) is 4.50 Å². The first-order valence-corrected chi connectivity index (χ1v) is 7.10. The van der Waals surface area contributed by atoms with Crippen LogP contribution in [0.15, 0.2) is 24.3 Å². The topological polar surface area (TPSA) is 0 Å². The lowest BCUT2D eigenvalue weighted by atomic mass is 10.1. The minimum atomic E-state index is -0.731. The quantitative estimate of drug-likeness (QED) is 0.407. The number of benzene rings is 1. The number of aryl methyl sites for hydroxylation is 1. The van der Waals surface area contributed by atoms with Crippen LogP contribution in [-0.2, 0) is 4.50 Å². The van der Waals surface area contributed by atoms with Gasteiger partial charge in [0.25, 0.3) is 0 Å².